The van der Waals surface area contributed by atoms with Crippen molar-refractivity contribution in [3.05, 3.63) is 47.7 Å². The van der Waals surface area contributed by atoms with Crippen molar-refractivity contribution in [1.82, 2.24) is 4.98 Å². The highest BCUT2D eigenvalue weighted by Gasteiger charge is 2.03. The molecule has 1 heterocycles. The molecule has 1 aromatic carbocycles. The van der Waals surface area contributed by atoms with E-state index in [1.54, 1.807) is 12.3 Å². The number of nitrogens with zero attached hydrogens (tertiary/aromatic N) is 1. The number of nitrogens with two attached hydrogens (primary N) is 1. The number of hydrogen-bond donors (Lipinski definition) is 1. The van der Waals surface area contributed by atoms with Crippen molar-refractivity contribution in [1.29, 1.82) is 0 Å². The van der Waals surface area contributed by atoms with Gasteiger partial charge in [0, 0.05) is 17.4 Å². The third-order valence-corrected chi connectivity index (χ3v) is 2.45. The topological polar surface area (TPSA) is 38.9 Å². The Hall–Kier alpha value is -1.83. The molecule has 0 aliphatic carbocycles. The molecule has 0 fully saturated rings. The second kappa shape index (κ2) is 3.73. The van der Waals surface area contributed by atoms with Gasteiger partial charge in [-0.2, -0.15) is 0 Å². The first kappa shape index (κ1) is 9.71. The molecule has 0 unspecified atom stereocenters. The lowest BCUT2D eigenvalue weighted by molar-refractivity contribution is 1.29. The Morgan fingerprint density at radius 2 is 1.87 bits per heavy atom. The van der Waals surface area contributed by atoms with Gasteiger partial charge in [-0.15, -0.1) is 0 Å². The van der Waals surface area contributed by atoms with Crippen LogP contribution in [0.4, 0.5) is 5.69 Å². The highest BCUT2D eigenvalue weighted by molar-refractivity contribution is 5.67. The summed E-state index contributed by atoms with van der Waals surface area (Å²) >= 11 is 0. The molecular formula is C13H14N2. The van der Waals surface area contributed by atoms with E-state index in [1.165, 1.54) is 11.1 Å². The lowest BCUT2D eigenvalue weighted by Gasteiger charge is -2.06. The summed E-state index contributed by atoms with van der Waals surface area (Å²) in [5.41, 5.74) is 11.0. The maximum atomic E-state index is 5.74. The monoisotopic (exact) mass is 198 g/mol. The van der Waals surface area contributed by atoms with Crippen LogP contribution in [0, 0.1) is 13.8 Å². The number of nitrogen functional groups attached to an aromatic ring is 1. The second-order valence-electron chi connectivity index (χ2n) is 3.79. The van der Waals surface area contributed by atoms with E-state index >= 15 is 0 Å². The van der Waals surface area contributed by atoms with Gasteiger partial charge in [-0.25, -0.2) is 0 Å². The maximum Gasteiger partial charge on any atom is 0.0725 e. The number of aryl methyl sites for hydroxylation is 2. The Kier molecular flexibility index (Phi) is 2.42. The fourth-order valence-corrected chi connectivity index (χ4v) is 1.61. The third-order valence-electron chi connectivity index (χ3n) is 2.45. The predicted molar refractivity (Wildman–Crippen MR) is 63.6 cm³/mol. The summed E-state index contributed by atoms with van der Waals surface area (Å²) in [5.74, 6) is 0. The van der Waals surface area contributed by atoms with E-state index in [1.807, 2.05) is 6.07 Å². The summed E-state index contributed by atoms with van der Waals surface area (Å²) < 4.78 is 0. The van der Waals surface area contributed by atoms with Crippen molar-refractivity contribution < 1.29 is 0 Å². The van der Waals surface area contributed by atoms with Crippen LogP contribution in [-0.4, -0.2) is 4.98 Å². The molecule has 2 rings (SSSR count). The van der Waals surface area contributed by atoms with Gasteiger partial charge in [-0.05, 0) is 37.6 Å². The number of rotatable bonds is 1. The van der Waals surface area contributed by atoms with Crippen LogP contribution in [0.15, 0.2) is 36.5 Å². The quantitative estimate of drug-likeness (QED) is 0.765. The van der Waals surface area contributed by atoms with Gasteiger partial charge in [0.1, 0.15) is 0 Å². The molecule has 15 heavy (non-hydrogen) atoms. The zero-order valence-corrected chi connectivity index (χ0v) is 8.99. The van der Waals surface area contributed by atoms with Gasteiger partial charge in [0.15, 0.2) is 0 Å². The minimum absolute atomic E-state index is 0.751. The van der Waals surface area contributed by atoms with Gasteiger partial charge >= 0.3 is 0 Å². The SMILES string of the molecule is Cc1ccc(C)c(-c2cc(N)ccn2)c1. The fourth-order valence-electron chi connectivity index (χ4n) is 1.61. The van der Waals surface area contributed by atoms with Crippen molar-refractivity contribution in [2.75, 3.05) is 5.73 Å². The number of benzene rings is 1. The molecule has 1 aromatic heterocycles. The molecule has 0 amide bonds. The minimum Gasteiger partial charge on any atom is -0.399 e. The molecule has 0 radical (unpaired) electrons. The molecule has 2 heteroatoms. The summed E-state index contributed by atoms with van der Waals surface area (Å²) in [5, 5.41) is 0. The van der Waals surface area contributed by atoms with Crippen molar-refractivity contribution in [2.24, 2.45) is 0 Å². The molecule has 0 bridgehead atoms. The fraction of sp³-hybridized carbons (Fsp3) is 0.154. The average Bonchev–Trinajstić information content (AvgIpc) is 2.22. The first-order valence-corrected chi connectivity index (χ1v) is 4.96. The number of pyridine rings is 1. The normalized spacial score (nSPS) is 10.3. The second-order valence-corrected chi connectivity index (χ2v) is 3.79. The van der Waals surface area contributed by atoms with Crippen LogP contribution >= 0.6 is 0 Å². The van der Waals surface area contributed by atoms with E-state index < -0.39 is 0 Å². The molecule has 0 spiro atoms. The smallest absolute Gasteiger partial charge is 0.0725 e. The van der Waals surface area contributed by atoms with Crippen molar-refractivity contribution in [3.63, 3.8) is 0 Å². The van der Waals surface area contributed by atoms with E-state index in [4.69, 9.17) is 5.73 Å². The number of anilines is 1. The molecule has 2 aromatic rings. The molecule has 0 saturated carbocycles. The first-order chi connectivity index (χ1) is 7.16. The molecule has 0 aliphatic rings. The van der Waals surface area contributed by atoms with Gasteiger partial charge in [0.2, 0.25) is 0 Å². The Morgan fingerprint density at radius 1 is 1.07 bits per heavy atom. The Bertz CT molecular complexity index is 490. The van der Waals surface area contributed by atoms with Crippen LogP contribution in [0.2, 0.25) is 0 Å². The van der Waals surface area contributed by atoms with Crippen molar-refractivity contribution in [2.45, 2.75) is 13.8 Å². The van der Waals surface area contributed by atoms with Crippen LogP contribution in [0.3, 0.4) is 0 Å². The summed E-state index contributed by atoms with van der Waals surface area (Å²) in [6, 6.07) is 10.0. The molecule has 0 saturated heterocycles. The summed E-state index contributed by atoms with van der Waals surface area (Å²) in [6.45, 7) is 4.16. The van der Waals surface area contributed by atoms with Crippen LogP contribution < -0.4 is 5.73 Å². The summed E-state index contributed by atoms with van der Waals surface area (Å²) in [4.78, 5) is 4.33. The Balaban J connectivity index is 2.58. The molecule has 0 atom stereocenters. The summed E-state index contributed by atoms with van der Waals surface area (Å²) in [6.07, 6.45) is 1.74. The highest BCUT2D eigenvalue weighted by Crippen LogP contribution is 2.23. The lowest BCUT2D eigenvalue weighted by Crippen LogP contribution is -1.91. The molecule has 2 N–H and O–H groups in total. The van der Waals surface area contributed by atoms with Crippen molar-refractivity contribution in [3.8, 4) is 11.3 Å². The molecule has 0 aliphatic heterocycles. The lowest BCUT2D eigenvalue weighted by atomic mass is 10.0. The van der Waals surface area contributed by atoms with E-state index in [2.05, 4.69) is 37.0 Å². The van der Waals surface area contributed by atoms with E-state index in [0.29, 0.717) is 0 Å². The van der Waals surface area contributed by atoms with Crippen LogP contribution in [0.1, 0.15) is 11.1 Å². The molecular weight excluding hydrogens is 184 g/mol. The first-order valence-electron chi connectivity index (χ1n) is 4.96. The standard InChI is InChI=1S/C13H14N2/c1-9-3-4-10(2)12(7-9)13-8-11(14)5-6-15-13/h3-8H,1-2H3,(H2,14,15). The van der Waals surface area contributed by atoms with Gasteiger partial charge in [-0.3, -0.25) is 4.98 Å². The third kappa shape index (κ3) is 1.99. The zero-order chi connectivity index (χ0) is 10.8. The van der Waals surface area contributed by atoms with E-state index in [-0.39, 0.29) is 0 Å². The van der Waals surface area contributed by atoms with E-state index in [0.717, 1.165) is 16.9 Å². The van der Waals surface area contributed by atoms with Gasteiger partial charge in [0.25, 0.3) is 0 Å². The van der Waals surface area contributed by atoms with Crippen LogP contribution in [-0.2, 0) is 0 Å². The molecule has 2 nitrogen and oxygen atoms in total. The van der Waals surface area contributed by atoms with Gasteiger partial charge in [0.05, 0.1) is 5.69 Å². The van der Waals surface area contributed by atoms with Gasteiger partial charge in [-0.1, -0.05) is 17.7 Å². The van der Waals surface area contributed by atoms with E-state index in [9.17, 15) is 0 Å². The van der Waals surface area contributed by atoms with Gasteiger partial charge < -0.3 is 5.73 Å². The number of aromatic nitrogens is 1. The molecule has 76 valence electrons. The Morgan fingerprint density at radius 3 is 2.60 bits per heavy atom. The number of hydrogen-bond acceptors (Lipinski definition) is 2. The average molecular weight is 198 g/mol. The highest BCUT2D eigenvalue weighted by atomic mass is 14.7. The zero-order valence-electron chi connectivity index (χ0n) is 8.99. The Labute approximate surface area is 89.8 Å². The summed E-state index contributed by atoms with van der Waals surface area (Å²) in [7, 11) is 0. The van der Waals surface area contributed by atoms with Crippen LogP contribution in [0.25, 0.3) is 11.3 Å². The predicted octanol–water partition coefficient (Wildman–Crippen LogP) is 2.95. The van der Waals surface area contributed by atoms with Crippen molar-refractivity contribution >= 4 is 5.69 Å². The minimum atomic E-state index is 0.751. The van der Waals surface area contributed by atoms with Crippen LogP contribution in [0.5, 0.6) is 0 Å². The maximum absolute atomic E-state index is 5.74. The largest absolute Gasteiger partial charge is 0.399 e.